The van der Waals surface area contributed by atoms with Gasteiger partial charge in [-0.25, -0.2) is 4.98 Å². The minimum absolute atomic E-state index is 0.000472. The second-order valence-corrected chi connectivity index (χ2v) is 5.30. The molecule has 10 heteroatoms. The minimum Gasteiger partial charge on any atom is -0.383 e. The molecular weight excluding hydrogens is 313 g/mol. The molecule has 7 nitrogen and oxygen atoms in total. The zero-order valence-corrected chi connectivity index (χ0v) is 12.5. The number of rotatable bonds is 3. The predicted octanol–water partition coefficient (Wildman–Crippen LogP) is 2.21. The monoisotopic (exact) mass is 328 g/mol. The van der Waals surface area contributed by atoms with Crippen LogP contribution in [0.25, 0.3) is 0 Å². The summed E-state index contributed by atoms with van der Waals surface area (Å²) in [6.07, 6.45) is -3.02. The second-order valence-electron chi connectivity index (χ2n) is 5.30. The lowest BCUT2D eigenvalue weighted by Gasteiger charge is -2.27. The lowest BCUT2D eigenvalue weighted by Crippen LogP contribution is -2.32. The van der Waals surface area contributed by atoms with Crippen molar-refractivity contribution in [2.45, 2.75) is 26.1 Å². The number of nitrogens with two attached hydrogens (primary N) is 1. The third kappa shape index (κ3) is 2.81. The Morgan fingerprint density at radius 2 is 2.00 bits per heavy atom. The molecule has 23 heavy (non-hydrogen) atoms. The number of nitrogens with one attached hydrogen (secondary N) is 1. The summed E-state index contributed by atoms with van der Waals surface area (Å²) in [6, 6.07) is 0.172. The molecule has 3 N–H and O–H groups in total. The number of anilines is 3. The van der Waals surface area contributed by atoms with Crippen molar-refractivity contribution in [2.24, 2.45) is 0 Å². The molecule has 3 heterocycles. The Bertz CT molecular complexity index is 715. The Kier molecular flexibility index (Phi) is 3.63. The highest BCUT2D eigenvalue weighted by molar-refractivity contribution is 5.58. The largest absolute Gasteiger partial charge is 0.421 e. The molecule has 1 saturated heterocycles. The molecule has 0 atom stereocenters. The van der Waals surface area contributed by atoms with E-state index in [9.17, 15) is 13.2 Å². The van der Waals surface area contributed by atoms with Gasteiger partial charge in [-0.15, -0.1) is 0 Å². The van der Waals surface area contributed by atoms with Gasteiger partial charge in [-0.3, -0.25) is 4.68 Å². The lowest BCUT2D eigenvalue weighted by atomic mass is 10.2. The standard InChI is InChI=1S/C13H15F3N6O/c1-6-10(13(14,15)16)11(17)21-12(19-6)20-9-3-18-22(7(9)2)8-4-23-5-8/h3,8H,4-5H2,1-2H3,(H3,17,19,20,21). The van der Waals surface area contributed by atoms with Crippen LogP contribution in [0.4, 0.5) is 30.6 Å². The number of hydrogen-bond acceptors (Lipinski definition) is 6. The predicted molar refractivity (Wildman–Crippen MR) is 76.3 cm³/mol. The van der Waals surface area contributed by atoms with E-state index < -0.39 is 17.6 Å². The Hall–Kier alpha value is -2.36. The molecule has 3 rings (SSSR count). The average Bonchev–Trinajstić information content (AvgIpc) is 2.67. The summed E-state index contributed by atoms with van der Waals surface area (Å²) in [5.41, 5.74) is 5.62. The van der Waals surface area contributed by atoms with E-state index in [2.05, 4.69) is 20.4 Å². The second kappa shape index (κ2) is 5.37. The van der Waals surface area contributed by atoms with Crippen LogP contribution >= 0.6 is 0 Å². The van der Waals surface area contributed by atoms with E-state index in [-0.39, 0.29) is 17.7 Å². The van der Waals surface area contributed by atoms with Crippen LogP contribution in [0.1, 0.15) is 23.0 Å². The van der Waals surface area contributed by atoms with Gasteiger partial charge < -0.3 is 15.8 Å². The maximum absolute atomic E-state index is 12.9. The van der Waals surface area contributed by atoms with Crippen LogP contribution in [0.3, 0.4) is 0 Å². The third-order valence-corrected chi connectivity index (χ3v) is 3.66. The molecule has 1 fully saturated rings. The van der Waals surface area contributed by atoms with Gasteiger partial charge >= 0.3 is 6.18 Å². The number of aromatic nitrogens is 4. The minimum atomic E-state index is -4.59. The van der Waals surface area contributed by atoms with Crippen LogP contribution in [0, 0.1) is 13.8 Å². The normalized spacial score (nSPS) is 15.5. The van der Waals surface area contributed by atoms with Crippen LogP contribution in [-0.2, 0) is 10.9 Å². The Morgan fingerprint density at radius 1 is 1.30 bits per heavy atom. The van der Waals surface area contributed by atoms with Crippen LogP contribution in [0.15, 0.2) is 6.20 Å². The molecule has 1 aliphatic rings. The maximum atomic E-state index is 12.9. The van der Waals surface area contributed by atoms with Gasteiger partial charge in [0.15, 0.2) is 0 Å². The average molecular weight is 328 g/mol. The molecular formula is C13H15F3N6O. The van der Waals surface area contributed by atoms with Crippen LogP contribution in [0.5, 0.6) is 0 Å². The van der Waals surface area contributed by atoms with Gasteiger partial charge in [0.05, 0.1) is 42.5 Å². The summed E-state index contributed by atoms with van der Waals surface area (Å²) < 4.78 is 45.5. The van der Waals surface area contributed by atoms with Gasteiger partial charge in [-0.05, 0) is 13.8 Å². The number of aryl methyl sites for hydroxylation is 1. The number of halogens is 3. The fourth-order valence-corrected chi connectivity index (χ4v) is 2.40. The molecule has 0 aromatic carbocycles. The topological polar surface area (TPSA) is 90.9 Å². The quantitative estimate of drug-likeness (QED) is 0.898. The molecule has 0 spiro atoms. The zero-order valence-electron chi connectivity index (χ0n) is 12.5. The highest BCUT2D eigenvalue weighted by atomic mass is 19.4. The highest BCUT2D eigenvalue weighted by Crippen LogP contribution is 2.35. The van der Waals surface area contributed by atoms with Crippen LogP contribution in [0.2, 0.25) is 0 Å². The van der Waals surface area contributed by atoms with Crippen molar-refractivity contribution in [2.75, 3.05) is 24.3 Å². The van der Waals surface area contributed by atoms with Gasteiger partial charge in [0.25, 0.3) is 0 Å². The first-order valence-electron chi connectivity index (χ1n) is 6.87. The third-order valence-electron chi connectivity index (χ3n) is 3.66. The number of ether oxygens (including phenoxy) is 1. The molecule has 0 unspecified atom stereocenters. The van der Waals surface area contributed by atoms with Gasteiger partial charge in [0.1, 0.15) is 11.4 Å². The van der Waals surface area contributed by atoms with Crippen molar-refractivity contribution < 1.29 is 17.9 Å². The van der Waals surface area contributed by atoms with Crippen molar-refractivity contribution in [3.05, 3.63) is 23.1 Å². The van der Waals surface area contributed by atoms with E-state index in [1.165, 1.54) is 6.92 Å². The lowest BCUT2D eigenvalue weighted by molar-refractivity contribution is -0.137. The smallest absolute Gasteiger partial charge is 0.383 e. The van der Waals surface area contributed by atoms with E-state index in [0.717, 1.165) is 5.69 Å². The SMILES string of the molecule is Cc1nc(Nc2cnn(C3COC3)c2C)nc(N)c1C(F)(F)F. The molecule has 0 bridgehead atoms. The van der Waals surface area contributed by atoms with Gasteiger partial charge in [0, 0.05) is 0 Å². The summed E-state index contributed by atoms with van der Waals surface area (Å²) in [5, 5.41) is 7.11. The summed E-state index contributed by atoms with van der Waals surface area (Å²) in [7, 11) is 0. The van der Waals surface area contributed by atoms with Crippen molar-refractivity contribution in [1.29, 1.82) is 0 Å². The van der Waals surface area contributed by atoms with E-state index in [1.54, 1.807) is 10.9 Å². The Morgan fingerprint density at radius 3 is 2.52 bits per heavy atom. The van der Waals surface area contributed by atoms with E-state index >= 15 is 0 Å². The summed E-state index contributed by atoms with van der Waals surface area (Å²) in [4.78, 5) is 7.54. The highest BCUT2D eigenvalue weighted by Gasteiger charge is 2.36. The van der Waals surface area contributed by atoms with E-state index in [1.807, 2.05) is 6.92 Å². The van der Waals surface area contributed by atoms with Gasteiger partial charge in [-0.2, -0.15) is 23.3 Å². The fourth-order valence-electron chi connectivity index (χ4n) is 2.40. The van der Waals surface area contributed by atoms with Crippen molar-refractivity contribution in [1.82, 2.24) is 19.7 Å². The molecule has 2 aromatic heterocycles. The first-order chi connectivity index (χ1) is 10.8. The number of nitrogens with zero attached hydrogens (tertiary/aromatic N) is 4. The maximum Gasteiger partial charge on any atom is 0.421 e. The number of alkyl halides is 3. The molecule has 124 valence electrons. The van der Waals surface area contributed by atoms with Gasteiger partial charge in [-0.1, -0.05) is 0 Å². The molecule has 2 aromatic rings. The van der Waals surface area contributed by atoms with E-state index in [4.69, 9.17) is 10.5 Å². The molecule has 0 aliphatic carbocycles. The van der Waals surface area contributed by atoms with Crippen LogP contribution in [-0.4, -0.2) is 33.0 Å². The number of hydrogen-bond donors (Lipinski definition) is 2. The summed E-state index contributed by atoms with van der Waals surface area (Å²) in [6.45, 7) is 4.26. The Balaban J connectivity index is 1.88. The summed E-state index contributed by atoms with van der Waals surface area (Å²) in [5.74, 6) is -0.606. The van der Waals surface area contributed by atoms with Crippen molar-refractivity contribution in [3.63, 3.8) is 0 Å². The first-order valence-corrected chi connectivity index (χ1v) is 6.87. The molecule has 0 radical (unpaired) electrons. The molecule has 0 saturated carbocycles. The molecule has 0 amide bonds. The van der Waals surface area contributed by atoms with Gasteiger partial charge in [0.2, 0.25) is 5.95 Å². The van der Waals surface area contributed by atoms with E-state index in [0.29, 0.717) is 18.9 Å². The fraction of sp³-hybridized carbons (Fsp3) is 0.462. The first kappa shape index (κ1) is 15.5. The van der Waals surface area contributed by atoms with Crippen molar-refractivity contribution in [3.8, 4) is 0 Å². The van der Waals surface area contributed by atoms with Crippen LogP contribution < -0.4 is 11.1 Å². The zero-order chi connectivity index (χ0) is 16.8. The number of nitrogen functional groups attached to an aromatic ring is 1. The Labute approximate surface area is 129 Å². The summed E-state index contributed by atoms with van der Waals surface area (Å²) >= 11 is 0. The molecule has 1 aliphatic heterocycles. The van der Waals surface area contributed by atoms with Crippen molar-refractivity contribution >= 4 is 17.5 Å².